The van der Waals surface area contributed by atoms with E-state index in [-0.39, 0.29) is 5.91 Å². The first kappa shape index (κ1) is 17.0. The summed E-state index contributed by atoms with van der Waals surface area (Å²) >= 11 is 0. The van der Waals surface area contributed by atoms with Crippen molar-refractivity contribution in [1.29, 1.82) is 0 Å². The number of amides is 1. The van der Waals surface area contributed by atoms with Crippen molar-refractivity contribution in [2.75, 3.05) is 46.4 Å². The van der Waals surface area contributed by atoms with Crippen LogP contribution >= 0.6 is 0 Å². The van der Waals surface area contributed by atoms with Gasteiger partial charge in [-0.15, -0.1) is 0 Å². The minimum absolute atomic E-state index is 0.173. The standard InChI is InChI=1S/C18H28N2O2/c1-16(21)20-12-11-19(13-18(14-20)15-22-2)10-6-9-17-7-4-3-5-8-17/h3-5,7-8,18H,6,9-15H2,1-2H3/t18-/m0/s1. The van der Waals surface area contributed by atoms with Gasteiger partial charge in [-0.25, -0.2) is 0 Å². The van der Waals surface area contributed by atoms with Crippen molar-refractivity contribution in [1.82, 2.24) is 9.80 Å². The van der Waals surface area contributed by atoms with Crippen LogP contribution in [0.15, 0.2) is 30.3 Å². The predicted octanol–water partition coefficient (Wildman–Crippen LogP) is 2.05. The highest BCUT2D eigenvalue weighted by Crippen LogP contribution is 2.12. The van der Waals surface area contributed by atoms with Gasteiger partial charge in [0.25, 0.3) is 0 Å². The third-order valence-electron chi connectivity index (χ3n) is 4.31. The predicted molar refractivity (Wildman–Crippen MR) is 88.8 cm³/mol. The number of ether oxygens (including phenoxy) is 1. The van der Waals surface area contributed by atoms with Gasteiger partial charge in [0.05, 0.1) is 6.61 Å². The third-order valence-corrected chi connectivity index (χ3v) is 4.31. The molecule has 2 rings (SSSR count). The monoisotopic (exact) mass is 304 g/mol. The zero-order valence-corrected chi connectivity index (χ0v) is 13.8. The summed E-state index contributed by atoms with van der Waals surface area (Å²) < 4.78 is 5.32. The second kappa shape index (κ2) is 8.91. The van der Waals surface area contributed by atoms with Crippen LogP contribution in [0, 0.1) is 5.92 Å². The first-order chi connectivity index (χ1) is 10.7. The van der Waals surface area contributed by atoms with E-state index in [0.29, 0.717) is 5.92 Å². The highest BCUT2D eigenvalue weighted by molar-refractivity contribution is 5.73. The minimum atomic E-state index is 0.173. The maximum absolute atomic E-state index is 11.7. The maximum Gasteiger partial charge on any atom is 0.219 e. The van der Waals surface area contributed by atoms with E-state index in [1.54, 1.807) is 14.0 Å². The van der Waals surface area contributed by atoms with Gasteiger partial charge in [-0.2, -0.15) is 0 Å². The average Bonchev–Trinajstić information content (AvgIpc) is 2.71. The molecule has 1 aromatic rings. The Morgan fingerprint density at radius 2 is 2.00 bits per heavy atom. The molecule has 0 aliphatic carbocycles. The number of benzene rings is 1. The lowest BCUT2D eigenvalue weighted by Crippen LogP contribution is -2.35. The van der Waals surface area contributed by atoms with Crippen molar-refractivity contribution < 1.29 is 9.53 Å². The first-order valence-corrected chi connectivity index (χ1v) is 8.19. The van der Waals surface area contributed by atoms with E-state index in [1.807, 2.05) is 4.90 Å². The molecule has 0 N–H and O–H groups in total. The van der Waals surface area contributed by atoms with E-state index < -0.39 is 0 Å². The number of hydrogen-bond acceptors (Lipinski definition) is 3. The van der Waals surface area contributed by atoms with Crippen molar-refractivity contribution in [2.45, 2.75) is 19.8 Å². The molecule has 1 saturated heterocycles. The normalized spacial score (nSPS) is 19.9. The molecule has 1 heterocycles. The minimum Gasteiger partial charge on any atom is -0.384 e. The number of methoxy groups -OCH3 is 1. The van der Waals surface area contributed by atoms with E-state index in [1.165, 1.54) is 5.56 Å². The molecule has 0 aromatic heterocycles. The molecule has 4 heteroatoms. The largest absolute Gasteiger partial charge is 0.384 e. The van der Waals surface area contributed by atoms with Gasteiger partial charge in [0.15, 0.2) is 0 Å². The van der Waals surface area contributed by atoms with Gasteiger partial charge in [-0.05, 0) is 24.9 Å². The van der Waals surface area contributed by atoms with Gasteiger partial charge >= 0.3 is 0 Å². The molecule has 1 atom stereocenters. The Bertz CT molecular complexity index is 450. The van der Waals surface area contributed by atoms with Gasteiger partial charge < -0.3 is 14.5 Å². The van der Waals surface area contributed by atoms with Crippen molar-refractivity contribution in [3.05, 3.63) is 35.9 Å². The summed E-state index contributed by atoms with van der Waals surface area (Å²) in [6.45, 7) is 7.11. The molecule has 0 saturated carbocycles. The van der Waals surface area contributed by atoms with E-state index in [0.717, 1.165) is 52.2 Å². The third kappa shape index (κ3) is 5.43. The molecule has 1 amide bonds. The lowest BCUT2D eigenvalue weighted by atomic mass is 10.1. The Morgan fingerprint density at radius 1 is 1.23 bits per heavy atom. The first-order valence-electron chi connectivity index (χ1n) is 8.19. The highest BCUT2D eigenvalue weighted by atomic mass is 16.5. The van der Waals surface area contributed by atoms with Crippen LogP contribution in [0.2, 0.25) is 0 Å². The number of carbonyl (C=O) groups excluding carboxylic acids is 1. The summed E-state index contributed by atoms with van der Waals surface area (Å²) in [5, 5.41) is 0. The molecule has 1 fully saturated rings. The van der Waals surface area contributed by atoms with Gasteiger partial charge in [-0.1, -0.05) is 30.3 Å². The number of aryl methyl sites for hydroxylation is 1. The van der Waals surface area contributed by atoms with Gasteiger partial charge in [-0.3, -0.25) is 4.79 Å². The topological polar surface area (TPSA) is 32.8 Å². The lowest BCUT2D eigenvalue weighted by molar-refractivity contribution is -0.129. The zero-order valence-electron chi connectivity index (χ0n) is 13.8. The summed E-state index contributed by atoms with van der Waals surface area (Å²) in [7, 11) is 1.74. The second-order valence-electron chi connectivity index (χ2n) is 6.18. The molecule has 0 unspecified atom stereocenters. The number of rotatable bonds is 6. The van der Waals surface area contributed by atoms with Crippen LogP contribution in [-0.2, 0) is 16.0 Å². The van der Waals surface area contributed by atoms with Crippen LogP contribution in [0.1, 0.15) is 18.9 Å². The fraction of sp³-hybridized carbons (Fsp3) is 0.611. The van der Waals surface area contributed by atoms with E-state index in [9.17, 15) is 4.79 Å². The Labute approximate surface area is 134 Å². The van der Waals surface area contributed by atoms with Crippen LogP contribution in [0.3, 0.4) is 0 Å². The molecular weight excluding hydrogens is 276 g/mol. The molecule has 122 valence electrons. The highest BCUT2D eigenvalue weighted by Gasteiger charge is 2.23. The average molecular weight is 304 g/mol. The fourth-order valence-corrected chi connectivity index (χ4v) is 3.16. The maximum atomic E-state index is 11.7. The molecular formula is C18H28N2O2. The zero-order chi connectivity index (χ0) is 15.8. The smallest absolute Gasteiger partial charge is 0.219 e. The van der Waals surface area contributed by atoms with Crippen molar-refractivity contribution in [3.63, 3.8) is 0 Å². The summed E-state index contributed by atoms with van der Waals surface area (Å²) in [4.78, 5) is 16.1. The van der Waals surface area contributed by atoms with Crippen LogP contribution in [0.5, 0.6) is 0 Å². The summed E-state index contributed by atoms with van der Waals surface area (Å²) in [6, 6.07) is 10.6. The summed E-state index contributed by atoms with van der Waals surface area (Å²) in [5.41, 5.74) is 1.40. The fourth-order valence-electron chi connectivity index (χ4n) is 3.16. The van der Waals surface area contributed by atoms with Gasteiger partial charge in [0.1, 0.15) is 0 Å². The Morgan fingerprint density at radius 3 is 2.68 bits per heavy atom. The molecule has 1 aliphatic heterocycles. The number of nitrogens with zero attached hydrogens (tertiary/aromatic N) is 2. The Hall–Kier alpha value is -1.39. The Balaban J connectivity index is 1.83. The molecule has 1 aromatic carbocycles. The van der Waals surface area contributed by atoms with Crippen LogP contribution in [0.25, 0.3) is 0 Å². The van der Waals surface area contributed by atoms with Crippen LogP contribution in [0.4, 0.5) is 0 Å². The van der Waals surface area contributed by atoms with E-state index >= 15 is 0 Å². The van der Waals surface area contributed by atoms with E-state index in [4.69, 9.17) is 4.74 Å². The second-order valence-corrected chi connectivity index (χ2v) is 6.18. The molecule has 4 nitrogen and oxygen atoms in total. The number of carbonyl (C=O) groups is 1. The van der Waals surface area contributed by atoms with Crippen LogP contribution < -0.4 is 0 Å². The Kier molecular flexibility index (Phi) is 6.87. The molecule has 0 bridgehead atoms. The molecule has 1 aliphatic rings. The molecule has 22 heavy (non-hydrogen) atoms. The quantitative estimate of drug-likeness (QED) is 0.806. The molecule has 0 spiro atoms. The van der Waals surface area contributed by atoms with Crippen molar-refractivity contribution >= 4 is 5.91 Å². The summed E-state index contributed by atoms with van der Waals surface area (Å²) in [5.74, 6) is 0.584. The lowest BCUT2D eigenvalue weighted by Gasteiger charge is -2.23. The summed E-state index contributed by atoms with van der Waals surface area (Å²) in [6.07, 6.45) is 2.27. The van der Waals surface area contributed by atoms with Crippen molar-refractivity contribution in [3.8, 4) is 0 Å². The van der Waals surface area contributed by atoms with E-state index in [2.05, 4.69) is 35.2 Å². The van der Waals surface area contributed by atoms with Crippen LogP contribution in [-0.4, -0.2) is 62.1 Å². The number of hydrogen-bond donors (Lipinski definition) is 0. The SMILES string of the molecule is COC[C@H]1CN(CCCc2ccccc2)CCN(C(C)=O)C1. The van der Waals surface area contributed by atoms with Gasteiger partial charge in [0, 0.05) is 46.1 Å². The van der Waals surface area contributed by atoms with Gasteiger partial charge in [0.2, 0.25) is 5.91 Å². The molecule has 0 radical (unpaired) electrons. The van der Waals surface area contributed by atoms with Crippen molar-refractivity contribution in [2.24, 2.45) is 5.92 Å².